The van der Waals surface area contributed by atoms with Crippen LogP contribution in [0.1, 0.15) is 12.5 Å². The molecule has 35 heavy (non-hydrogen) atoms. The molecule has 2 aromatic carbocycles. The molecule has 4 amide bonds. The van der Waals surface area contributed by atoms with Crippen molar-refractivity contribution in [2.24, 2.45) is 0 Å². The van der Waals surface area contributed by atoms with Crippen LogP contribution in [0.5, 0.6) is 17.2 Å². The number of amides is 4. The number of hydrogen-bond donors (Lipinski definition) is 3. The number of urea groups is 1. The van der Waals surface area contributed by atoms with Crippen LogP contribution in [0.3, 0.4) is 0 Å². The summed E-state index contributed by atoms with van der Waals surface area (Å²) in [5.41, 5.74) is 0.882. The van der Waals surface area contributed by atoms with Gasteiger partial charge in [-0.1, -0.05) is 12.1 Å². The van der Waals surface area contributed by atoms with Gasteiger partial charge in [-0.3, -0.25) is 9.59 Å². The van der Waals surface area contributed by atoms with Crippen LogP contribution in [0.25, 0.3) is 6.08 Å². The zero-order valence-corrected chi connectivity index (χ0v) is 21.0. The monoisotopic (exact) mass is 595 g/mol. The fourth-order valence-corrected chi connectivity index (χ4v) is 3.95. The molecule has 12 heteroatoms. The number of halogens is 1. The van der Waals surface area contributed by atoms with E-state index < -0.39 is 37.0 Å². The molecule has 184 valence electrons. The van der Waals surface area contributed by atoms with Gasteiger partial charge in [0.2, 0.25) is 5.91 Å². The lowest BCUT2D eigenvalue weighted by Crippen LogP contribution is -2.38. The summed E-state index contributed by atoms with van der Waals surface area (Å²) in [6.45, 7) is 1.01. The first kappa shape index (κ1) is 25.8. The summed E-state index contributed by atoms with van der Waals surface area (Å²) >= 11 is 1.96. The number of imide groups is 1. The van der Waals surface area contributed by atoms with Gasteiger partial charge in [-0.15, -0.1) is 0 Å². The summed E-state index contributed by atoms with van der Waals surface area (Å²) in [5.74, 6) is -1.40. The largest absolute Gasteiger partial charge is 0.495 e. The lowest BCUT2D eigenvalue weighted by atomic mass is 10.1. The van der Waals surface area contributed by atoms with Crippen molar-refractivity contribution in [3.8, 4) is 17.2 Å². The maximum atomic E-state index is 12.8. The lowest BCUT2D eigenvalue weighted by molar-refractivity contribution is -0.139. The van der Waals surface area contributed by atoms with Crippen LogP contribution >= 0.6 is 22.6 Å². The number of para-hydroxylation sites is 2. The van der Waals surface area contributed by atoms with E-state index in [9.17, 15) is 19.2 Å². The van der Waals surface area contributed by atoms with Crippen molar-refractivity contribution in [3.05, 3.63) is 51.2 Å². The van der Waals surface area contributed by atoms with Crippen molar-refractivity contribution >= 4 is 58.2 Å². The number of carbonyl (C=O) groups is 4. The molecule has 0 bridgehead atoms. The lowest BCUT2D eigenvalue weighted by Gasteiger charge is -2.14. The summed E-state index contributed by atoms with van der Waals surface area (Å²) in [6, 6.07) is 9.22. The number of methoxy groups -OCH3 is 1. The summed E-state index contributed by atoms with van der Waals surface area (Å²) in [4.78, 5) is 49.3. The predicted octanol–water partition coefficient (Wildman–Crippen LogP) is 2.69. The maximum absolute atomic E-state index is 12.8. The first-order chi connectivity index (χ1) is 16.7. The molecule has 0 aromatic heterocycles. The number of rotatable bonds is 10. The third-order valence-corrected chi connectivity index (χ3v) is 5.43. The van der Waals surface area contributed by atoms with Crippen LogP contribution in [0.4, 0.5) is 10.5 Å². The Labute approximate surface area is 214 Å². The molecule has 0 spiro atoms. The Kier molecular flexibility index (Phi) is 8.52. The third kappa shape index (κ3) is 6.41. The highest BCUT2D eigenvalue weighted by Gasteiger charge is 2.35. The van der Waals surface area contributed by atoms with Gasteiger partial charge in [-0.2, -0.15) is 0 Å². The minimum absolute atomic E-state index is 0.0301. The fraction of sp³-hybridized carbons (Fsp3) is 0.217. The minimum atomic E-state index is -1.14. The van der Waals surface area contributed by atoms with Crippen LogP contribution in [0.15, 0.2) is 42.1 Å². The normalized spacial score (nSPS) is 14.0. The van der Waals surface area contributed by atoms with E-state index in [0.29, 0.717) is 27.2 Å². The van der Waals surface area contributed by atoms with E-state index in [2.05, 4.69) is 10.6 Å². The van der Waals surface area contributed by atoms with Gasteiger partial charge in [0.15, 0.2) is 18.1 Å². The number of anilines is 1. The van der Waals surface area contributed by atoms with Crippen LogP contribution in [0, 0.1) is 3.57 Å². The average Bonchev–Trinajstić information content (AvgIpc) is 3.06. The molecular formula is C23H22IN3O8. The standard InChI is InChI=1S/C23H22IN3O8/c1-3-34-18-10-13(8-14(24)21(18)35-12-20(29)30)9-16-22(31)27(23(32)26-16)11-19(28)25-15-6-4-5-7-17(15)33-2/h4-10H,3,11-12H2,1-2H3,(H,25,28)(H,26,32)(H,29,30)/b16-9+. The van der Waals surface area contributed by atoms with E-state index >= 15 is 0 Å². The zero-order valence-electron chi connectivity index (χ0n) is 18.8. The molecule has 11 nitrogen and oxygen atoms in total. The fourth-order valence-electron chi connectivity index (χ4n) is 3.17. The van der Waals surface area contributed by atoms with Gasteiger partial charge in [0, 0.05) is 0 Å². The number of carboxylic acids is 1. The van der Waals surface area contributed by atoms with Crippen LogP contribution in [-0.4, -0.2) is 60.7 Å². The Morgan fingerprint density at radius 3 is 2.60 bits per heavy atom. The Balaban J connectivity index is 1.77. The second-order valence-corrected chi connectivity index (χ2v) is 8.24. The van der Waals surface area contributed by atoms with Gasteiger partial charge in [-0.25, -0.2) is 14.5 Å². The van der Waals surface area contributed by atoms with Crippen LogP contribution in [-0.2, 0) is 14.4 Å². The summed E-state index contributed by atoms with van der Waals surface area (Å²) in [6.07, 6.45) is 1.43. The molecule has 1 heterocycles. The highest BCUT2D eigenvalue weighted by atomic mass is 127. The van der Waals surface area contributed by atoms with Crippen molar-refractivity contribution in [1.82, 2.24) is 10.2 Å². The van der Waals surface area contributed by atoms with Gasteiger partial charge < -0.3 is 30.0 Å². The van der Waals surface area contributed by atoms with Crippen molar-refractivity contribution in [1.29, 1.82) is 0 Å². The van der Waals surface area contributed by atoms with E-state index in [1.165, 1.54) is 13.2 Å². The number of hydrogen-bond acceptors (Lipinski definition) is 7. The van der Waals surface area contributed by atoms with E-state index in [-0.39, 0.29) is 17.2 Å². The van der Waals surface area contributed by atoms with Gasteiger partial charge in [0.25, 0.3) is 5.91 Å². The van der Waals surface area contributed by atoms with Crippen LogP contribution < -0.4 is 24.8 Å². The highest BCUT2D eigenvalue weighted by Crippen LogP contribution is 2.35. The first-order valence-corrected chi connectivity index (χ1v) is 11.4. The Morgan fingerprint density at radius 1 is 1.17 bits per heavy atom. The molecule has 0 saturated carbocycles. The molecule has 1 aliphatic rings. The van der Waals surface area contributed by atoms with E-state index in [4.69, 9.17) is 19.3 Å². The van der Waals surface area contributed by atoms with Gasteiger partial charge in [0.1, 0.15) is 18.0 Å². The summed E-state index contributed by atoms with van der Waals surface area (Å²) in [7, 11) is 1.46. The third-order valence-electron chi connectivity index (χ3n) is 4.63. The predicted molar refractivity (Wildman–Crippen MR) is 133 cm³/mol. The average molecular weight is 595 g/mol. The van der Waals surface area contributed by atoms with E-state index in [0.717, 1.165) is 4.90 Å². The molecule has 3 N–H and O–H groups in total. The second-order valence-electron chi connectivity index (χ2n) is 7.07. The molecule has 2 aromatic rings. The second kappa shape index (κ2) is 11.6. The molecule has 0 unspecified atom stereocenters. The maximum Gasteiger partial charge on any atom is 0.341 e. The summed E-state index contributed by atoms with van der Waals surface area (Å²) in [5, 5.41) is 14.0. The summed E-state index contributed by atoms with van der Waals surface area (Å²) < 4.78 is 16.6. The smallest absolute Gasteiger partial charge is 0.341 e. The number of ether oxygens (including phenoxy) is 3. The molecule has 0 atom stereocenters. The molecule has 1 aliphatic heterocycles. The number of aliphatic carboxylic acids is 1. The number of carboxylic acid groups (broad SMARTS) is 1. The minimum Gasteiger partial charge on any atom is -0.495 e. The molecule has 0 radical (unpaired) electrons. The molecule has 1 fully saturated rings. The number of nitrogens with one attached hydrogen (secondary N) is 2. The zero-order chi connectivity index (χ0) is 25.5. The van der Waals surface area contributed by atoms with Gasteiger partial charge >= 0.3 is 12.0 Å². The van der Waals surface area contributed by atoms with Crippen LogP contribution in [0.2, 0.25) is 0 Å². The Bertz CT molecular complexity index is 1200. The van der Waals surface area contributed by atoms with E-state index in [1.54, 1.807) is 43.3 Å². The van der Waals surface area contributed by atoms with Gasteiger partial charge in [-0.05, 0) is 65.4 Å². The highest BCUT2D eigenvalue weighted by molar-refractivity contribution is 14.1. The SMILES string of the molecule is CCOc1cc(/C=C2/NC(=O)N(CC(=O)Nc3ccccc3OC)C2=O)cc(I)c1OCC(=O)O. The van der Waals surface area contributed by atoms with Crippen molar-refractivity contribution in [2.45, 2.75) is 6.92 Å². The van der Waals surface area contributed by atoms with Crippen molar-refractivity contribution in [3.63, 3.8) is 0 Å². The molecular weight excluding hydrogens is 573 g/mol. The number of nitrogens with zero attached hydrogens (tertiary/aromatic N) is 1. The molecule has 1 saturated heterocycles. The first-order valence-electron chi connectivity index (χ1n) is 10.3. The van der Waals surface area contributed by atoms with E-state index in [1.807, 2.05) is 22.6 Å². The van der Waals surface area contributed by atoms with Gasteiger partial charge in [0.05, 0.1) is 23.0 Å². The quantitative estimate of drug-likeness (QED) is 0.216. The topological polar surface area (TPSA) is 144 Å². The Morgan fingerprint density at radius 2 is 1.91 bits per heavy atom. The van der Waals surface area contributed by atoms with Crippen molar-refractivity contribution < 1.29 is 38.5 Å². The number of carbonyl (C=O) groups excluding carboxylic acids is 3. The molecule has 0 aliphatic carbocycles. The number of benzene rings is 2. The Hall–Kier alpha value is -3.81. The molecule has 3 rings (SSSR count). The van der Waals surface area contributed by atoms with Crippen molar-refractivity contribution in [2.75, 3.05) is 32.2 Å².